The Labute approximate surface area is 127 Å². The molecule has 1 aromatic carbocycles. The Balaban J connectivity index is 1.83. The van der Waals surface area contributed by atoms with Crippen molar-refractivity contribution in [3.63, 3.8) is 0 Å². The summed E-state index contributed by atoms with van der Waals surface area (Å²) in [6.07, 6.45) is 2.27. The van der Waals surface area contributed by atoms with Gasteiger partial charge < -0.3 is 9.84 Å². The minimum absolute atomic E-state index is 0.246. The molecule has 0 saturated heterocycles. The molecule has 20 heavy (non-hydrogen) atoms. The van der Waals surface area contributed by atoms with Gasteiger partial charge in [-0.1, -0.05) is 33.2 Å². The number of fused-ring (bicyclic) bond motifs is 1. The van der Waals surface area contributed by atoms with E-state index in [1.54, 1.807) is 0 Å². The summed E-state index contributed by atoms with van der Waals surface area (Å²) in [6.45, 7) is 6.17. The van der Waals surface area contributed by atoms with Crippen LogP contribution in [-0.4, -0.2) is 5.16 Å². The van der Waals surface area contributed by atoms with Crippen molar-refractivity contribution in [3.05, 3.63) is 50.8 Å². The molecule has 1 aliphatic carbocycles. The van der Waals surface area contributed by atoms with Crippen LogP contribution in [0.2, 0.25) is 0 Å². The third-order valence-electron chi connectivity index (χ3n) is 4.19. The second-order valence-corrected chi connectivity index (χ2v) is 6.38. The molecule has 0 amide bonds. The van der Waals surface area contributed by atoms with Gasteiger partial charge in [-0.3, -0.25) is 0 Å². The smallest absolute Gasteiger partial charge is 0.138 e. The van der Waals surface area contributed by atoms with E-state index in [-0.39, 0.29) is 6.04 Å². The predicted octanol–water partition coefficient (Wildman–Crippen LogP) is 4.39. The van der Waals surface area contributed by atoms with Crippen LogP contribution in [0.5, 0.6) is 0 Å². The van der Waals surface area contributed by atoms with Gasteiger partial charge in [-0.25, -0.2) is 0 Å². The second kappa shape index (κ2) is 5.34. The third-order valence-corrected chi connectivity index (χ3v) is 4.93. The first kappa shape index (κ1) is 13.8. The van der Waals surface area contributed by atoms with Crippen molar-refractivity contribution in [2.45, 2.75) is 45.7 Å². The number of nitrogens with one attached hydrogen (secondary N) is 1. The number of rotatable bonds is 3. The molecule has 0 saturated carbocycles. The van der Waals surface area contributed by atoms with Crippen LogP contribution in [0.1, 0.15) is 53.6 Å². The van der Waals surface area contributed by atoms with Gasteiger partial charge in [0.05, 0.1) is 5.69 Å². The van der Waals surface area contributed by atoms with E-state index in [4.69, 9.17) is 4.52 Å². The van der Waals surface area contributed by atoms with E-state index in [1.165, 1.54) is 21.2 Å². The Morgan fingerprint density at radius 2 is 2.20 bits per heavy atom. The topological polar surface area (TPSA) is 38.1 Å². The lowest BCUT2D eigenvalue weighted by atomic mass is 10.0. The van der Waals surface area contributed by atoms with Crippen LogP contribution < -0.4 is 5.32 Å². The van der Waals surface area contributed by atoms with Crippen LogP contribution in [0, 0.1) is 13.8 Å². The van der Waals surface area contributed by atoms with E-state index in [1.807, 2.05) is 13.8 Å². The van der Waals surface area contributed by atoms with E-state index >= 15 is 0 Å². The summed E-state index contributed by atoms with van der Waals surface area (Å²) in [7, 11) is 0. The highest BCUT2D eigenvalue weighted by Gasteiger charge is 2.27. The van der Waals surface area contributed by atoms with E-state index in [2.05, 4.69) is 51.5 Å². The van der Waals surface area contributed by atoms with Crippen LogP contribution in [0.25, 0.3) is 0 Å². The number of hydrogen-bond donors (Lipinski definition) is 1. The summed E-state index contributed by atoms with van der Waals surface area (Å²) >= 11 is 3.65. The van der Waals surface area contributed by atoms with E-state index in [9.17, 15) is 0 Å². The molecule has 0 bridgehead atoms. The first-order chi connectivity index (χ1) is 9.58. The number of aromatic nitrogens is 1. The van der Waals surface area contributed by atoms with Crippen molar-refractivity contribution < 1.29 is 4.52 Å². The number of aryl methyl sites for hydroxylation is 2. The summed E-state index contributed by atoms with van der Waals surface area (Å²) in [5, 5.41) is 7.77. The molecule has 3 rings (SSSR count). The second-order valence-electron chi connectivity index (χ2n) is 5.53. The van der Waals surface area contributed by atoms with Gasteiger partial charge >= 0.3 is 0 Å². The monoisotopic (exact) mass is 334 g/mol. The predicted molar refractivity (Wildman–Crippen MR) is 82.7 cm³/mol. The molecule has 0 aliphatic heterocycles. The maximum atomic E-state index is 5.27. The summed E-state index contributed by atoms with van der Waals surface area (Å²) in [6, 6.07) is 7.12. The van der Waals surface area contributed by atoms with Gasteiger partial charge in [0, 0.05) is 22.1 Å². The van der Waals surface area contributed by atoms with Crippen molar-refractivity contribution in [1.82, 2.24) is 10.5 Å². The van der Waals surface area contributed by atoms with Crippen LogP contribution in [0.15, 0.2) is 27.2 Å². The number of hydrogen-bond acceptors (Lipinski definition) is 3. The van der Waals surface area contributed by atoms with E-state index in [0.717, 1.165) is 24.3 Å². The quantitative estimate of drug-likeness (QED) is 0.904. The molecule has 1 aliphatic rings. The fraction of sp³-hybridized carbons (Fsp3) is 0.438. The zero-order valence-corrected chi connectivity index (χ0v) is 13.6. The fourth-order valence-corrected chi connectivity index (χ4v) is 3.86. The van der Waals surface area contributed by atoms with Crippen LogP contribution >= 0.6 is 15.9 Å². The Morgan fingerprint density at radius 3 is 2.90 bits per heavy atom. The van der Waals surface area contributed by atoms with E-state index < -0.39 is 0 Å². The highest BCUT2D eigenvalue weighted by atomic mass is 79.9. The maximum Gasteiger partial charge on any atom is 0.138 e. The number of nitrogens with zero attached hydrogens (tertiary/aromatic N) is 1. The lowest BCUT2D eigenvalue weighted by molar-refractivity contribution is 0.388. The van der Waals surface area contributed by atoms with Crippen molar-refractivity contribution in [2.24, 2.45) is 0 Å². The van der Waals surface area contributed by atoms with Crippen molar-refractivity contribution in [1.29, 1.82) is 0 Å². The molecule has 0 radical (unpaired) electrons. The standard InChI is InChI=1S/C16H19BrN2O/c1-9(16-10(2)19-20-11(16)3)18-15-8-7-12-13(15)5-4-6-14(12)17/h4-6,9,15,18H,7-8H2,1-3H3. The SMILES string of the molecule is Cc1noc(C)c1C(C)NC1CCc2c(Br)cccc21. The Hall–Kier alpha value is -1.13. The summed E-state index contributed by atoms with van der Waals surface area (Å²) in [5.74, 6) is 0.912. The normalized spacial score (nSPS) is 19.1. The van der Waals surface area contributed by atoms with Gasteiger partial charge in [0.1, 0.15) is 5.76 Å². The molecule has 2 atom stereocenters. The molecule has 2 aromatic rings. The minimum atomic E-state index is 0.246. The molecule has 3 nitrogen and oxygen atoms in total. The summed E-state index contributed by atoms with van der Waals surface area (Å²) in [5.41, 5.74) is 5.03. The van der Waals surface area contributed by atoms with Crippen molar-refractivity contribution in [3.8, 4) is 0 Å². The fourth-order valence-electron chi connectivity index (χ4n) is 3.28. The first-order valence-electron chi connectivity index (χ1n) is 7.04. The molecule has 0 fully saturated rings. The number of benzene rings is 1. The Bertz CT molecular complexity index is 616. The molecular weight excluding hydrogens is 316 g/mol. The molecule has 1 heterocycles. The molecular formula is C16H19BrN2O. The van der Waals surface area contributed by atoms with E-state index in [0.29, 0.717) is 6.04 Å². The molecule has 106 valence electrons. The van der Waals surface area contributed by atoms with Crippen LogP contribution in [0.4, 0.5) is 0 Å². The maximum absolute atomic E-state index is 5.27. The van der Waals surface area contributed by atoms with Gasteiger partial charge in [0.2, 0.25) is 0 Å². The molecule has 1 aromatic heterocycles. The van der Waals surface area contributed by atoms with Gasteiger partial charge in [-0.05, 0) is 50.8 Å². The average Bonchev–Trinajstić information content (AvgIpc) is 2.95. The van der Waals surface area contributed by atoms with Gasteiger partial charge in [-0.2, -0.15) is 0 Å². The summed E-state index contributed by atoms with van der Waals surface area (Å²) in [4.78, 5) is 0. The highest BCUT2D eigenvalue weighted by molar-refractivity contribution is 9.10. The van der Waals surface area contributed by atoms with Crippen molar-refractivity contribution in [2.75, 3.05) is 0 Å². The molecule has 4 heteroatoms. The van der Waals surface area contributed by atoms with Gasteiger partial charge in [0.15, 0.2) is 0 Å². The van der Waals surface area contributed by atoms with Gasteiger partial charge in [-0.15, -0.1) is 0 Å². The van der Waals surface area contributed by atoms with Crippen LogP contribution in [-0.2, 0) is 6.42 Å². The lowest BCUT2D eigenvalue weighted by Crippen LogP contribution is -2.23. The zero-order chi connectivity index (χ0) is 14.3. The Kier molecular flexibility index (Phi) is 3.69. The largest absolute Gasteiger partial charge is 0.361 e. The Morgan fingerprint density at radius 1 is 1.40 bits per heavy atom. The lowest BCUT2D eigenvalue weighted by Gasteiger charge is -2.20. The molecule has 0 spiro atoms. The molecule has 2 unspecified atom stereocenters. The van der Waals surface area contributed by atoms with Crippen LogP contribution in [0.3, 0.4) is 0 Å². The minimum Gasteiger partial charge on any atom is -0.361 e. The zero-order valence-electron chi connectivity index (χ0n) is 12.0. The first-order valence-corrected chi connectivity index (χ1v) is 7.83. The van der Waals surface area contributed by atoms with Crippen molar-refractivity contribution >= 4 is 15.9 Å². The summed E-state index contributed by atoms with van der Waals surface area (Å²) < 4.78 is 6.50. The average molecular weight is 335 g/mol. The highest BCUT2D eigenvalue weighted by Crippen LogP contribution is 2.37. The number of halogens is 1. The molecule has 1 N–H and O–H groups in total. The third kappa shape index (κ3) is 2.31. The van der Waals surface area contributed by atoms with Gasteiger partial charge in [0.25, 0.3) is 0 Å².